The van der Waals surface area contributed by atoms with E-state index < -0.39 is 15.9 Å². The molecule has 9 nitrogen and oxygen atoms in total. The minimum absolute atomic E-state index is 0.0337. The number of likely N-dealkylation sites (N-methyl/N-ethyl adjacent to an activating group) is 1. The monoisotopic (exact) mass is 419 g/mol. The van der Waals surface area contributed by atoms with Gasteiger partial charge in [0.05, 0.1) is 24.5 Å². The summed E-state index contributed by atoms with van der Waals surface area (Å²) in [5.41, 5.74) is 0.973. The fraction of sp³-hybridized carbons (Fsp3) is 0.421. The predicted molar refractivity (Wildman–Crippen MR) is 107 cm³/mol. The normalized spacial score (nSPS) is 16.2. The van der Waals surface area contributed by atoms with Crippen molar-refractivity contribution in [2.75, 3.05) is 13.6 Å². The van der Waals surface area contributed by atoms with Crippen molar-refractivity contribution in [3.05, 3.63) is 42.0 Å². The van der Waals surface area contributed by atoms with Crippen molar-refractivity contribution >= 4 is 21.8 Å². The van der Waals surface area contributed by atoms with Crippen molar-refractivity contribution in [2.24, 2.45) is 0 Å². The number of carbonyl (C=O) groups excluding carboxylic acids is 2. The largest absolute Gasteiger partial charge is 0.358 e. The minimum Gasteiger partial charge on any atom is -0.358 e. The lowest BCUT2D eigenvalue weighted by Crippen LogP contribution is -2.39. The molecule has 0 radical (unpaired) electrons. The molecule has 0 fully saturated rings. The van der Waals surface area contributed by atoms with Crippen LogP contribution in [0.5, 0.6) is 0 Å². The molecular weight excluding hydrogens is 394 g/mol. The van der Waals surface area contributed by atoms with E-state index in [0.717, 1.165) is 17.1 Å². The lowest BCUT2D eigenvalue weighted by Gasteiger charge is -2.19. The second-order valence-electron chi connectivity index (χ2n) is 6.99. The number of carbonyl (C=O) groups is 2. The molecular formula is C19H25N5O4S. The third-order valence-electron chi connectivity index (χ3n) is 4.85. The van der Waals surface area contributed by atoms with Crippen LogP contribution in [-0.4, -0.2) is 53.7 Å². The highest BCUT2D eigenvalue weighted by Crippen LogP contribution is 2.31. The lowest BCUT2D eigenvalue weighted by atomic mass is 10.2. The van der Waals surface area contributed by atoms with E-state index in [4.69, 9.17) is 0 Å². The van der Waals surface area contributed by atoms with Gasteiger partial charge in [-0.05, 0) is 25.5 Å². The van der Waals surface area contributed by atoms with E-state index in [9.17, 15) is 18.0 Å². The number of fused-ring (bicyclic) bond motifs is 3. The Bertz CT molecular complexity index is 1030. The Morgan fingerprint density at radius 1 is 1.28 bits per heavy atom. The molecule has 29 heavy (non-hydrogen) atoms. The number of hydrogen-bond acceptors (Lipinski definition) is 5. The fourth-order valence-electron chi connectivity index (χ4n) is 3.36. The molecule has 1 aliphatic heterocycles. The molecule has 1 unspecified atom stereocenters. The summed E-state index contributed by atoms with van der Waals surface area (Å²) in [6, 6.07) is 6.45. The number of amides is 2. The van der Waals surface area contributed by atoms with Gasteiger partial charge in [0.2, 0.25) is 15.9 Å². The molecule has 1 aliphatic rings. The quantitative estimate of drug-likeness (QED) is 0.726. The maximum Gasteiger partial charge on any atom is 0.272 e. The van der Waals surface area contributed by atoms with E-state index in [1.165, 1.54) is 19.4 Å². The van der Waals surface area contributed by atoms with Crippen LogP contribution < -0.4 is 10.6 Å². The van der Waals surface area contributed by atoms with E-state index in [0.29, 0.717) is 11.4 Å². The second-order valence-corrected chi connectivity index (χ2v) is 8.89. The van der Waals surface area contributed by atoms with E-state index >= 15 is 0 Å². The van der Waals surface area contributed by atoms with E-state index in [1.54, 1.807) is 22.8 Å². The summed E-state index contributed by atoms with van der Waals surface area (Å²) < 4.78 is 29.1. The van der Waals surface area contributed by atoms with E-state index in [2.05, 4.69) is 15.6 Å². The molecule has 2 aromatic rings. The summed E-state index contributed by atoms with van der Waals surface area (Å²) in [6.45, 7) is 3.44. The van der Waals surface area contributed by atoms with Crippen LogP contribution in [0.4, 0.5) is 0 Å². The number of imidazole rings is 1. The van der Waals surface area contributed by atoms with Crippen LogP contribution in [0, 0.1) is 0 Å². The molecule has 1 aromatic carbocycles. The summed E-state index contributed by atoms with van der Waals surface area (Å²) in [6.07, 6.45) is 3.20. The smallest absolute Gasteiger partial charge is 0.272 e. The second kappa shape index (κ2) is 8.34. The van der Waals surface area contributed by atoms with Crippen LogP contribution >= 0.6 is 0 Å². The maximum atomic E-state index is 13.2. The number of aromatic nitrogens is 2. The molecule has 0 saturated carbocycles. The van der Waals surface area contributed by atoms with Gasteiger partial charge >= 0.3 is 0 Å². The Morgan fingerprint density at radius 3 is 2.69 bits per heavy atom. The SMILES string of the molecule is CCCC(C)NC(=O)c1ncn2c1CN(CC(=O)NC)S(=O)(=O)c1ccccc1-2. The zero-order valence-electron chi connectivity index (χ0n) is 16.7. The van der Waals surface area contributed by atoms with Crippen LogP contribution in [0.1, 0.15) is 42.9 Å². The summed E-state index contributed by atoms with van der Waals surface area (Å²) in [4.78, 5) is 29.1. The number of nitrogens with zero attached hydrogens (tertiary/aromatic N) is 3. The molecule has 1 aromatic heterocycles. The third-order valence-corrected chi connectivity index (χ3v) is 6.69. The Hall–Kier alpha value is -2.72. The molecule has 10 heteroatoms. The zero-order valence-corrected chi connectivity index (χ0v) is 17.5. The zero-order chi connectivity index (χ0) is 21.2. The molecule has 156 valence electrons. The standard InChI is InChI=1S/C19H25N5O4S/c1-4-7-13(2)22-19(26)18-15-10-23(11-17(25)20-3)29(27,28)16-9-6-5-8-14(16)24(15)12-21-18/h5-6,8-9,12-13H,4,7,10-11H2,1-3H3,(H,20,25)(H,22,26). The van der Waals surface area contributed by atoms with Gasteiger partial charge < -0.3 is 10.6 Å². The first-order chi connectivity index (χ1) is 13.8. The van der Waals surface area contributed by atoms with Gasteiger partial charge in [0.15, 0.2) is 5.69 Å². The van der Waals surface area contributed by atoms with Crippen LogP contribution in [0.25, 0.3) is 5.69 Å². The number of benzene rings is 1. The van der Waals surface area contributed by atoms with Gasteiger partial charge in [0.1, 0.15) is 11.2 Å². The summed E-state index contributed by atoms with van der Waals surface area (Å²) in [5, 5.41) is 5.35. The Morgan fingerprint density at radius 2 is 2.00 bits per heavy atom. The summed E-state index contributed by atoms with van der Waals surface area (Å²) >= 11 is 0. The molecule has 0 spiro atoms. The van der Waals surface area contributed by atoms with Crippen molar-refractivity contribution in [3.63, 3.8) is 0 Å². The van der Waals surface area contributed by atoms with Gasteiger partial charge in [-0.15, -0.1) is 0 Å². The summed E-state index contributed by atoms with van der Waals surface area (Å²) in [7, 11) is -2.50. The van der Waals surface area contributed by atoms with Crippen LogP contribution in [0.3, 0.4) is 0 Å². The molecule has 1 atom stereocenters. The van der Waals surface area contributed by atoms with Gasteiger partial charge in [-0.1, -0.05) is 25.5 Å². The van der Waals surface area contributed by atoms with Crippen molar-refractivity contribution in [3.8, 4) is 5.69 Å². The van der Waals surface area contributed by atoms with Crippen LogP contribution in [0.2, 0.25) is 0 Å². The topological polar surface area (TPSA) is 113 Å². The van der Waals surface area contributed by atoms with Crippen LogP contribution in [-0.2, 0) is 21.4 Å². The molecule has 0 aliphatic carbocycles. The molecule has 2 heterocycles. The Balaban J connectivity index is 2.10. The molecule has 0 bridgehead atoms. The molecule has 2 N–H and O–H groups in total. The number of hydrogen-bond donors (Lipinski definition) is 2. The first-order valence-corrected chi connectivity index (χ1v) is 10.9. The first-order valence-electron chi connectivity index (χ1n) is 9.46. The van der Waals surface area contributed by atoms with Crippen molar-refractivity contribution < 1.29 is 18.0 Å². The molecule has 0 saturated heterocycles. The summed E-state index contributed by atoms with van der Waals surface area (Å²) in [5.74, 6) is -0.807. The van der Waals surface area contributed by atoms with Crippen LogP contribution in [0.15, 0.2) is 35.5 Å². The van der Waals surface area contributed by atoms with Crippen molar-refractivity contribution in [2.45, 2.75) is 44.2 Å². The van der Waals surface area contributed by atoms with Gasteiger partial charge in [-0.2, -0.15) is 4.31 Å². The predicted octanol–water partition coefficient (Wildman–Crippen LogP) is 1.04. The lowest BCUT2D eigenvalue weighted by molar-refractivity contribution is -0.120. The van der Waals surface area contributed by atoms with Gasteiger partial charge in [-0.25, -0.2) is 13.4 Å². The number of para-hydroxylation sites is 1. The third kappa shape index (κ3) is 4.03. The number of rotatable bonds is 6. The van der Waals surface area contributed by atoms with Crippen molar-refractivity contribution in [1.29, 1.82) is 0 Å². The highest BCUT2D eigenvalue weighted by Gasteiger charge is 2.35. The van der Waals surface area contributed by atoms with Gasteiger partial charge in [-0.3, -0.25) is 14.2 Å². The van der Waals surface area contributed by atoms with Gasteiger partial charge in [0, 0.05) is 13.1 Å². The fourth-order valence-corrected chi connectivity index (χ4v) is 4.90. The minimum atomic E-state index is -3.94. The maximum absolute atomic E-state index is 13.2. The number of nitrogens with one attached hydrogen (secondary N) is 2. The average molecular weight is 420 g/mol. The molecule has 3 rings (SSSR count). The number of sulfonamides is 1. The van der Waals surface area contributed by atoms with Gasteiger partial charge in [0.25, 0.3) is 5.91 Å². The van der Waals surface area contributed by atoms with E-state index in [1.807, 2.05) is 13.8 Å². The highest BCUT2D eigenvalue weighted by atomic mass is 32.2. The van der Waals surface area contributed by atoms with E-state index in [-0.39, 0.29) is 35.6 Å². The van der Waals surface area contributed by atoms with Crippen molar-refractivity contribution in [1.82, 2.24) is 24.5 Å². The molecule has 2 amide bonds. The first kappa shape index (κ1) is 21.0. The highest BCUT2D eigenvalue weighted by molar-refractivity contribution is 7.89. The Labute approximate surface area is 170 Å². The Kier molecular flexibility index (Phi) is 6.04. The average Bonchev–Trinajstić information content (AvgIpc) is 3.07.